The van der Waals surface area contributed by atoms with E-state index in [2.05, 4.69) is 98.0 Å². The fourth-order valence-electron chi connectivity index (χ4n) is 15.9. The van der Waals surface area contributed by atoms with Gasteiger partial charge in [-0.2, -0.15) is 0 Å². The fourth-order valence-corrected chi connectivity index (χ4v) is 16.6. The fraction of sp³-hybridized carbons (Fsp3) is 0.0360. The molecule has 7 aromatic heterocycles. The summed E-state index contributed by atoms with van der Waals surface area (Å²) in [5, 5.41) is 152. The van der Waals surface area contributed by atoms with Crippen LogP contribution < -0.4 is 9.47 Å². The summed E-state index contributed by atoms with van der Waals surface area (Å²) in [5.74, 6) is 4.52. The first kappa shape index (κ1) is 93.4. The highest BCUT2D eigenvalue weighted by molar-refractivity contribution is 9.10. The first-order valence-electron chi connectivity index (χ1n) is 44.0. The minimum absolute atomic E-state index is 0.0538. The van der Waals surface area contributed by atoms with Crippen LogP contribution in [0.5, 0.6) is 51.7 Å². The number of methoxy groups -OCH3 is 2. The highest BCUT2D eigenvalue weighted by Crippen LogP contribution is 2.46. The van der Waals surface area contributed by atoms with Gasteiger partial charge in [-0.05, 0) is 173 Å². The van der Waals surface area contributed by atoms with E-state index in [1.54, 1.807) is 118 Å². The zero-order valence-electron chi connectivity index (χ0n) is 75.2. The Hall–Kier alpha value is -18.6. The molecule has 9 N–H and O–H groups in total. The predicted molar refractivity (Wildman–Crippen MR) is 544 cm³/mol. The Morgan fingerprint density at radius 2 is 0.531 bits per heavy atom. The van der Waals surface area contributed by atoms with Crippen molar-refractivity contribution in [3.05, 3.63) is 396 Å². The van der Waals surface area contributed by atoms with Gasteiger partial charge in [-0.1, -0.05) is 287 Å². The molecule has 0 amide bonds. The first-order valence-corrected chi connectivity index (χ1v) is 45.6. The summed E-state index contributed by atoms with van der Waals surface area (Å²) in [6.45, 7) is 0. The lowest BCUT2D eigenvalue weighted by Gasteiger charge is -2.06. The Morgan fingerprint density at radius 1 is 0.238 bits per heavy atom. The molecule has 702 valence electrons. The first-order chi connectivity index (χ1) is 69.9. The molecule has 143 heavy (non-hydrogen) atoms. The van der Waals surface area contributed by atoms with E-state index in [0.29, 0.717) is 90.4 Å². The number of para-hydroxylation sites is 1. The maximum Gasteiger partial charge on any atom is 0.252 e. The minimum Gasteiger partial charge on any atom is -0.507 e. The van der Waals surface area contributed by atoms with Crippen molar-refractivity contribution in [3.63, 3.8) is 0 Å². The van der Waals surface area contributed by atoms with Gasteiger partial charge in [0.2, 0.25) is 17.7 Å². The maximum atomic E-state index is 10.4. The Labute approximate surface area is 828 Å². The quantitative estimate of drug-likeness (QED) is 0.0434. The number of nitrogens with zero attached hydrogens (tertiary/aromatic N) is 13. The number of pyridine rings is 1. The van der Waals surface area contributed by atoms with Crippen LogP contribution in [-0.2, 0) is 0 Å². The van der Waals surface area contributed by atoms with E-state index in [1.807, 2.05) is 261 Å². The number of benzene rings is 17. The molecule has 24 rings (SSSR count). The lowest BCUT2D eigenvalue weighted by Crippen LogP contribution is -1.99. The molecule has 0 spiro atoms. The highest BCUT2D eigenvalue weighted by Gasteiger charge is 2.28. The minimum atomic E-state index is -1.01. The Kier molecular flexibility index (Phi) is 27.5. The number of aliphatic hydroxyl groups excluding tert-OH is 2. The summed E-state index contributed by atoms with van der Waals surface area (Å²) in [7, 11) is 3.17. The Morgan fingerprint density at radius 3 is 0.888 bits per heavy atom. The Balaban J connectivity index is 0.000000109. The second-order valence-electron chi connectivity index (χ2n) is 31.7. The van der Waals surface area contributed by atoms with Crippen molar-refractivity contribution in [2.24, 2.45) is 0 Å². The average Bonchev–Trinajstić information content (AvgIpc) is 1.65. The van der Waals surface area contributed by atoms with E-state index in [4.69, 9.17) is 36.0 Å². The number of hydrogen-bond donors (Lipinski definition) is 9. The molecule has 0 fully saturated rings. The van der Waals surface area contributed by atoms with Crippen LogP contribution >= 0.6 is 31.9 Å². The molecule has 0 radical (unpaired) electrons. The van der Waals surface area contributed by atoms with Crippen LogP contribution in [-0.4, -0.2) is 126 Å². The van der Waals surface area contributed by atoms with Gasteiger partial charge in [-0.25, -0.2) is 0 Å². The van der Waals surface area contributed by atoms with E-state index in [0.717, 1.165) is 79.1 Å². The molecule has 17 aromatic carbocycles. The summed E-state index contributed by atoms with van der Waals surface area (Å²) in [5.41, 5.74) is 6.87. The summed E-state index contributed by atoms with van der Waals surface area (Å²) in [4.78, 5) is 4.03. The summed E-state index contributed by atoms with van der Waals surface area (Å²) in [6, 6.07) is 106. The van der Waals surface area contributed by atoms with Crippen LogP contribution in [0.2, 0.25) is 0 Å². The normalized spacial score (nSPS) is 11.4. The van der Waals surface area contributed by atoms with Crippen LogP contribution in [0.25, 0.3) is 179 Å². The molecule has 32 heteroatoms. The van der Waals surface area contributed by atoms with Crippen LogP contribution in [0.15, 0.2) is 400 Å². The summed E-state index contributed by atoms with van der Waals surface area (Å²) in [6.07, 6.45) is 1.31. The van der Waals surface area contributed by atoms with Gasteiger partial charge in [0, 0.05) is 21.3 Å². The van der Waals surface area contributed by atoms with Crippen molar-refractivity contribution in [2.45, 2.75) is 12.2 Å². The lowest BCUT2D eigenvalue weighted by atomic mass is 10.0. The molecule has 2 atom stereocenters. The van der Waals surface area contributed by atoms with Gasteiger partial charge in [0.05, 0.1) is 69.9 Å². The summed E-state index contributed by atoms with van der Waals surface area (Å²) >= 11 is 6.84. The van der Waals surface area contributed by atoms with Crippen molar-refractivity contribution in [1.82, 2.24) is 66.2 Å². The zero-order valence-corrected chi connectivity index (χ0v) is 78.3. The van der Waals surface area contributed by atoms with Crippen LogP contribution in [0, 0.1) is 0 Å². The second kappa shape index (κ2) is 42.1. The van der Waals surface area contributed by atoms with Crippen molar-refractivity contribution < 1.29 is 81.9 Å². The van der Waals surface area contributed by atoms with Crippen molar-refractivity contribution in [3.8, 4) is 166 Å². The molecule has 0 saturated heterocycles. The van der Waals surface area contributed by atoms with Crippen LogP contribution in [0.1, 0.15) is 35.1 Å². The highest BCUT2D eigenvalue weighted by atomic mass is 79.9. The smallest absolute Gasteiger partial charge is 0.252 e. The molecule has 7 heterocycles. The number of halogens is 2. The zero-order chi connectivity index (χ0) is 98.6. The third-order valence-corrected chi connectivity index (χ3v) is 23.8. The van der Waals surface area contributed by atoms with E-state index in [1.165, 1.54) is 0 Å². The number of phenolic OH excluding ortho intramolecular Hbond substituents is 7. The van der Waals surface area contributed by atoms with Gasteiger partial charge in [0.25, 0.3) is 53.0 Å². The van der Waals surface area contributed by atoms with Crippen LogP contribution in [0.4, 0.5) is 0 Å². The van der Waals surface area contributed by atoms with E-state index in [-0.39, 0.29) is 93.3 Å². The third-order valence-electron chi connectivity index (χ3n) is 22.8. The van der Waals surface area contributed by atoms with Crippen molar-refractivity contribution >= 4 is 96.5 Å². The lowest BCUT2D eigenvalue weighted by molar-refractivity contribution is 0.183. The van der Waals surface area contributed by atoms with E-state index in [9.17, 15) is 46.0 Å². The molecular formula is C111H77Br2N13O17. The van der Waals surface area contributed by atoms with Gasteiger partial charge in [-0.3, -0.25) is 4.98 Å². The molecule has 0 aliphatic rings. The molecule has 0 unspecified atom stereocenters. The van der Waals surface area contributed by atoms with Gasteiger partial charge < -0.3 is 81.9 Å². The molecule has 30 nitrogen and oxygen atoms in total. The third kappa shape index (κ3) is 20.1. The molecule has 0 bridgehead atoms. The number of phenols is 7. The van der Waals surface area contributed by atoms with Gasteiger partial charge in [0.1, 0.15) is 51.7 Å². The van der Waals surface area contributed by atoms with Gasteiger partial charge in [0.15, 0.2) is 12.2 Å². The monoisotopic (exact) mass is 2020 g/mol. The number of aliphatic hydroxyl groups is 2. The van der Waals surface area contributed by atoms with E-state index < -0.39 is 12.2 Å². The Bertz CT molecular complexity index is 8520. The van der Waals surface area contributed by atoms with Crippen LogP contribution in [0.3, 0.4) is 0 Å². The van der Waals surface area contributed by atoms with E-state index >= 15 is 0 Å². The molecule has 24 aromatic rings. The average molecular weight is 2020 g/mol. The molecule has 0 saturated carbocycles. The van der Waals surface area contributed by atoms with Crippen molar-refractivity contribution in [1.29, 1.82) is 0 Å². The molecular weight excluding hydrogens is 1950 g/mol. The number of ether oxygens (including phenoxy) is 2. The van der Waals surface area contributed by atoms with Gasteiger partial charge >= 0.3 is 0 Å². The van der Waals surface area contributed by atoms with Crippen molar-refractivity contribution in [2.75, 3.05) is 14.2 Å². The number of aromatic nitrogens is 13. The number of fused-ring (bicyclic) bond motifs is 6. The molecule has 0 aliphatic heterocycles. The second-order valence-corrected chi connectivity index (χ2v) is 33.5. The summed E-state index contributed by atoms with van der Waals surface area (Å²) < 4.78 is 46.9. The number of aromatic hydroxyl groups is 7. The number of hydrogen-bond acceptors (Lipinski definition) is 30. The topological polar surface area (TPSA) is 447 Å². The standard InChI is InChI=1S/2C19H13BrN2O3.2C19H14N2O3.C18H12N2O3.C17H11N3O2/c1-24-16-10-12(20)7-8-14(16)18-21-22-19(25-18)17-13-5-3-2-4-11(13)6-9-15(17)23;1-24-16-9-7-12(20)10-14(16)18-21-22-19(25-18)17-13-5-3-2-4-11(13)6-8-15(17)23;2*22-15-11-10-12-6-4-5-9-14(12)16(15)18-20-21-19(24-18)17(23)13-7-2-1-3-8-13;21-14-8-4-3-7-13(14)17-19-20-18(23-17)16-12-6-2-1-5-11(12)9-10-15(16)22;21-14-8-7-11-4-1-2-6-13(11)15(14)17-20-19-16(22-17)12-5-3-9-18-10-12/h2*2-10,23H,1H3;2*1-11,17,22-23H;1-10,21-22H;1-10,21H/t;;2*17-;;/m..10../s1. The molecule has 0 aliphatic carbocycles. The SMILES string of the molecule is COc1cc(Br)ccc1-c1nnc(-c2c(O)ccc3ccccc23)o1.COc1ccc(Br)cc1-c1nnc(-c2c(O)ccc3ccccc23)o1.Oc1ccc2ccccc2c1-c1nnc(-c2cccnc2)o1.Oc1ccc2ccccc2c1-c1nnc([C@@H](O)c2ccccc2)o1.Oc1ccc2ccccc2c1-c1nnc([C@H](O)c2ccccc2)o1.Oc1ccccc1-c1nnc(-c2c(O)ccc3ccccc23)o1. The number of rotatable bonds is 16. The maximum absolute atomic E-state index is 10.4. The largest absolute Gasteiger partial charge is 0.507 e. The predicted octanol–water partition coefficient (Wildman–Crippen LogP) is 25.0. The van der Waals surface area contributed by atoms with Gasteiger partial charge in [-0.15, -0.1) is 61.2 Å².